The number of nitrogens with zero attached hydrogens (tertiary/aromatic N) is 4. The van der Waals surface area contributed by atoms with Crippen LogP contribution in [-0.2, 0) is 0 Å². The second-order valence-corrected chi connectivity index (χ2v) is 23.9. The van der Waals surface area contributed by atoms with Gasteiger partial charge in [-0.15, -0.1) is 0 Å². The zero-order valence-corrected chi connectivity index (χ0v) is 53.7. The van der Waals surface area contributed by atoms with E-state index in [4.69, 9.17) is 0 Å². The van der Waals surface area contributed by atoms with Crippen molar-refractivity contribution in [3.05, 3.63) is 374 Å². The number of hydrogen-bond donors (Lipinski definition) is 4. The summed E-state index contributed by atoms with van der Waals surface area (Å²) in [6, 6.07) is 113. The fraction of sp³-hybridized carbons (Fsp3) is 0. The summed E-state index contributed by atoms with van der Waals surface area (Å²) in [7, 11) is 0. The number of carboxylic acid groups (broad SMARTS) is 4. The third-order valence-electron chi connectivity index (χ3n) is 17.6. The van der Waals surface area contributed by atoms with Crippen LogP contribution in [0.1, 0.15) is 41.4 Å². The van der Waals surface area contributed by atoms with E-state index in [0.29, 0.717) is 22.7 Å². The first-order valence-corrected chi connectivity index (χ1v) is 32.3. The smallest absolute Gasteiger partial charge is 0.335 e. The molecule has 0 saturated carbocycles. The standard InChI is InChI=1S/C88H62N4O8/c93-85(94)69-15-7-19-81(55-69)89(73-39-23-61(24-40-73)59-11-3-1-4-12-59)75-43-27-63(28-44-75)65-31-47-77(48-32-65)91(83-21-9-17-71(57-83)87(97)98)79-51-35-67(36-52-79)68-37-53-80(54-38-68)92(84-22-10-18-72(58-84)88(99)100)78-49-33-66(34-50-78)64-29-45-76(46-30-64)90(82-20-8-16-70(56-82)86(95)96)74-41-25-62(26-42-74)60-13-5-2-6-14-60/h1-58H,(H,93,94)(H,95,96)(H,97,98)(H,99,100). The molecule has 0 saturated heterocycles. The Kier molecular flexibility index (Phi) is 17.9. The molecule has 12 nitrogen and oxygen atoms in total. The van der Waals surface area contributed by atoms with Crippen LogP contribution in [0.4, 0.5) is 68.2 Å². The van der Waals surface area contributed by atoms with Crippen molar-refractivity contribution < 1.29 is 39.6 Å². The van der Waals surface area contributed by atoms with Gasteiger partial charge in [0, 0.05) is 68.2 Å². The van der Waals surface area contributed by atoms with Gasteiger partial charge in [0.2, 0.25) is 0 Å². The maximum atomic E-state index is 12.4. The van der Waals surface area contributed by atoms with Gasteiger partial charge in [0.25, 0.3) is 0 Å². The van der Waals surface area contributed by atoms with Gasteiger partial charge in [-0.2, -0.15) is 0 Å². The number of anilines is 12. The average molecular weight is 1300 g/mol. The first-order chi connectivity index (χ1) is 48.8. The van der Waals surface area contributed by atoms with Crippen LogP contribution in [0.5, 0.6) is 0 Å². The molecule has 0 aliphatic rings. The largest absolute Gasteiger partial charge is 0.478 e. The van der Waals surface area contributed by atoms with E-state index < -0.39 is 23.9 Å². The number of aromatic carboxylic acids is 4. The number of carbonyl (C=O) groups is 4. The SMILES string of the molecule is O=C(O)c1cccc(N(c2ccc(-c3ccccc3)cc2)c2ccc(-c3ccc(N(c4ccc(-c5ccc(N(c6ccc(-c7ccc(N(c8ccc(-c9ccccc9)cc8)c8cccc(C(=O)O)c8)cc7)cc6)c6cccc(C(=O)O)c6)cc5)cc4)c4cccc(C(=O)O)c4)cc3)cc2)c1. The fourth-order valence-electron chi connectivity index (χ4n) is 12.6. The van der Waals surface area contributed by atoms with E-state index in [1.54, 1.807) is 72.8 Å². The Bertz CT molecular complexity index is 4930. The quantitative estimate of drug-likeness (QED) is 0.0540. The lowest BCUT2D eigenvalue weighted by molar-refractivity contribution is 0.0686. The molecular formula is C88H62N4O8. The van der Waals surface area contributed by atoms with Crippen LogP contribution < -0.4 is 19.6 Å². The summed E-state index contributed by atoms with van der Waals surface area (Å²) >= 11 is 0. The maximum absolute atomic E-state index is 12.4. The van der Waals surface area contributed by atoms with E-state index >= 15 is 0 Å². The molecule has 0 aliphatic heterocycles. The van der Waals surface area contributed by atoms with E-state index in [-0.39, 0.29) is 22.3 Å². The summed E-state index contributed by atoms with van der Waals surface area (Å²) in [5.41, 5.74) is 19.9. The molecule has 0 unspecified atom stereocenters. The van der Waals surface area contributed by atoms with Crippen LogP contribution in [0.25, 0.3) is 55.6 Å². The van der Waals surface area contributed by atoms with E-state index in [2.05, 4.69) is 48.5 Å². The summed E-state index contributed by atoms with van der Waals surface area (Å²) in [6.45, 7) is 0. The predicted octanol–water partition coefficient (Wildman–Crippen LogP) is 22.7. The van der Waals surface area contributed by atoms with Crippen molar-refractivity contribution in [1.29, 1.82) is 0 Å². The summed E-state index contributed by atoms with van der Waals surface area (Å²) in [5, 5.41) is 40.2. The van der Waals surface area contributed by atoms with Crippen molar-refractivity contribution >= 4 is 92.1 Å². The second-order valence-electron chi connectivity index (χ2n) is 23.9. The molecule has 0 aliphatic carbocycles. The minimum absolute atomic E-state index is 0.145. The first kappa shape index (κ1) is 63.5. The van der Waals surface area contributed by atoms with Crippen LogP contribution in [0, 0.1) is 0 Å². The number of benzene rings is 14. The minimum Gasteiger partial charge on any atom is -0.478 e. The Morgan fingerprint density at radius 3 is 0.460 bits per heavy atom. The van der Waals surface area contributed by atoms with Gasteiger partial charge >= 0.3 is 23.9 Å². The normalized spacial score (nSPS) is 10.9. The third-order valence-corrected chi connectivity index (χ3v) is 17.6. The fourth-order valence-corrected chi connectivity index (χ4v) is 12.6. The van der Waals surface area contributed by atoms with E-state index in [9.17, 15) is 39.6 Å². The van der Waals surface area contributed by atoms with Gasteiger partial charge in [-0.05, 0) is 225 Å². The van der Waals surface area contributed by atoms with Crippen LogP contribution in [0.3, 0.4) is 0 Å². The molecule has 100 heavy (non-hydrogen) atoms. The lowest BCUT2D eigenvalue weighted by atomic mass is 10.0. The molecule has 0 spiro atoms. The topological polar surface area (TPSA) is 162 Å². The van der Waals surface area contributed by atoms with Gasteiger partial charge in [0.05, 0.1) is 22.3 Å². The molecule has 12 heteroatoms. The highest BCUT2D eigenvalue weighted by atomic mass is 16.4. The molecule has 482 valence electrons. The molecule has 0 atom stereocenters. The zero-order chi connectivity index (χ0) is 68.6. The van der Waals surface area contributed by atoms with Gasteiger partial charge in [0.15, 0.2) is 0 Å². The molecule has 0 fully saturated rings. The summed E-state index contributed by atoms with van der Waals surface area (Å²) < 4.78 is 0. The van der Waals surface area contributed by atoms with Gasteiger partial charge in [-0.1, -0.05) is 182 Å². The van der Waals surface area contributed by atoms with Gasteiger partial charge in [-0.25, -0.2) is 19.2 Å². The van der Waals surface area contributed by atoms with Crippen molar-refractivity contribution in [2.24, 2.45) is 0 Å². The maximum Gasteiger partial charge on any atom is 0.335 e. The highest BCUT2D eigenvalue weighted by Gasteiger charge is 2.21. The van der Waals surface area contributed by atoms with Crippen LogP contribution in [0.15, 0.2) is 352 Å². The summed E-state index contributed by atoms with van der Waals surface area (Å²) in [6.07, 6.45) is 0. The van der Waals surface area contributed by atoms with Crippen LogP contribution in [0.2, 0.25) is 0 Å². The number of hydrogen-bond acceptors (Lipinski definition) is 8. The molecule has 0 heterocycles. The van der Waals surface area contributed by atoms with Crippen LogP contribution >= 0.6 is 0 Å². The molecule has 0 bridgehead atoms. The molecule has 14 aromatic rings. The van der Waals surface area contributed by atoms with Gasteiger partial charge < -0.3 is 40.0 Å². The van der Waals surface area contributed by atoms with E-state index in [1.807, 2.05) is 250 Å². The van der Waals surface area contributed by atoms with Gasteiger partial charge in [0.1, 0.15) is 0 Å². The van der Waals surface area contributed by atoms with Crippen molar-refractivity contribution in [2.45, 2.75) is 0 Å². The molecule has 14 rings (SSSR count). The Balaban J connectivity index is 0.724. The highest BCUT2D eigenvalue weighted by Crippen LogP contribution is 2.43. The summed E-state index contributed by atoms with van der Waals surface area (Å²) in [5.74, 6) is -4.11. The minimum atomic E-state index is -1.04. The molecular weight excluding hydrogens is 1240 g/mol. The second kappa shape index (κ2) is 28.2. The third kappa shape index (κ3) is 13.7. The monoisotopic (exact) mass is 1300 g/mol. The van der Waals surface area contributed by atoms with Crippen LogP contribution in [-0.4, -0.2) is 44.3 Å². The lowest BCUT2D eigenvalue weighted by Crippen LogP contribution is -2.11. The molecule has 0 amide bonds. The Morgan fingerprint density at radius 1 is 0.160 bits per heavy atom. The molecule has 0 aromatic heterocycles. The van der Waals surface area contributed by atoms with Crippen molar-refractivity contribution in [1.82, 2.24) is 0 Å². The molecule has 4 N–H and O–H groups in total. The summed E-state index contributed by atoms with van der Waals surface area (Å²) in [4.78, 5) is 57.2. The number of carboxylic acids is 4. The van der Waals surface area contributed by atoms with Crippen molar-refractivity contribution in [2.75, 3.05) is 19.6 Å². The molecule has 0 radical (unpaired) electrons. The lowest BCUT2D eigenvalue weighted by Gasteiger charge is -2.27. The Morgan fingerprint density at radius 2 is 0.310 bits per heavy atom. The van der Waals surface area contributed by atoms with Crippen molar-refractivity contribution in [3.63, 3.8) is 0 Å². The predicted molar refractivity (Wildman–Crippen MR) is 400 cm³/mol. The van der Waals surface area contributed by atoms with E-state index in [0.717, 1.165) is 101 Å². The van der Waals surface area contributed by atoms with E-state index in [1.165, 1.54) is 0 Å². The average Bonchev–Trinajstić information content (AvgIpc) is 0.801. The van der Waals surface area contributed by atoms with Crippen molar-refractivity contribution in [3.8, 4) is 55.6 Å². The molecule has 14 aromatic carbocycles. The Hall–Kier alpha value is -13.8. The zero-order valence-electron chi connectivity index (χ0n) is 53.7. The van der Waals surface area contributed by atoms with Gasteiger partial charge in [-0.3, -0.25) is 0 Å². The Labute approximate surface area is 577 Å². The number of rotatable bonds is 21. The first-order valence-electron chi connectivity index (χ1n) is 32.3. The highest BCUT2D eigenvalue weighted by molar-refractivity contribution is 5.94.